The first-order valence-electron chi connectivity index (χ1n) is 6.68. The van der Waals surface area contributed by atoms with Crippen molar-refractivity contribution in [3.05, 3.63) is 39.9 Å². The molecule has 2 aromatic rings. The first-order chi connectivity index (χ1) is 9.36. The SMILES string of the molecule is Cc1cc(C)cc(-c2nc(CC(C)C)c(C(=O)O)s2)c1. The van der Waals surface area contributed by atoms with E-state index in [0.29, 0.717) is 22.9 Å². The van der Waals surface area contributed by atoms with Crippen molar-refractivity contribution in [3.8, 4) is 10.6 Å². The lowest BCUT2D eigenvalue weighted by atomic mass is 10.1. The normalized spacial score (nSPS) is 11.1. The molecule has 0 spiro atoms. The summed E-state index contributed by atoms with van der Waals surface area (Å²) in [5.74, 6) is -0.490. The fourth-order valence-corrected chi connectivity index (χ4v) is 3.18. The Morgan fingerprint density at radius 1 is 1.25 bits per heavy atom. The van der Waals surface area contributed by atoms with E-state index < -0.39 is 5.97 Å². The lowest BCUT2D eigenvalue weighted by Gasteiger charge is -2.02. The smallest absolute Gasteiger partial charge is 0.347 e. The summed E-state index contributed by atoms with van der Waals surface area (Å²) in [5, 5.41) is 10.1. The fourth-order valence-electron chi connectivity index (χ4n) is 2.27. The molecule has 0 fully saturated rings. The van der Waals surface area contributed by atoms with Crippen LogP contribution in [0.3, 0.4) is 0 Å². The average molecular weight is 289 g/mol. The Kier molecular flexibility index (Phi) is 4.23. The van der Waals surface area contributed by atoms with Gasteiger partial charge in [-0.1, -0.05) is 31.0 Å². The Morgan fingerprint density at radius 3 is 2.35 bits per heavy atom. The molecule has 0 aliphatic heterocycles. The van der Waals surface area contributed by atoms with E-state index in [1.807, 2.05) is 13.8 Å². The molecule has 1 aromatic carbocycles. The average Bonchev–Trinajstić information content (AvgIpc) is 2.70. The molecule has 0 aliphatic rings. The molecule has 0 saturated heterocycles. The minimum atomic E-state index is -0.881. The van der Waals surface area contributed by atoms with Crippen LogP contribution in [0.5, 0.6) is 0 Å². The number of rotatable bonds is 4. The third-order valence-corrected chi connectivity index (χ3v) is 4.10. The minimum absolute atomic E-state index is 0.368. The number of carboxylic acid groups (broad SMARTS) is 1. The molecule has 0 saturated carbocycles. The van der Waals surface area contributed by atoms with Gasteiger partial charge in [0.2, 0.25) is 0 Å². The summed E-state index contributed by atoms with van der Waals surface area (Å²) in [4.78, 5) is 16.3. The monoisotopic (exact) mass is 289 g/mol. The molecule has 0 bridgehead atoms. The number of carbonyl (C=O) groups is 1. The first kappa shape index (κ1) is 14.7. The molecule has 0 aliphatic carbocycles. The highest BCUT2D eigenvalue weighted by Gasteiger charge is 2.19. The van der Waals surface area contributed by atoms with Crippen molar-refractivity contribution in [1.82, 2.24) is 4.98 Å². The number of carboxylic acids is 1. The topological polar surface area (TPSA) is 50.2 Å². The van der Waals surface area contributed by atoms with Crippen molar-refractivity contribution in [2.75, 3.05) is 0 Å². The Hall–Kier alpha value is -1.68. The van der Waals surface area contributed by atoms with E-state index in [0.717, 1.165) is 21.7 Å². The van der Waals surface area contributed by atoms with Crippen molar-refractivity contribution in [3.63, 3.8) is 0 Å². The number of aromatic carboxylic acids is 1. The largest absolute Gasteiger partial charge is 0.477 e. The minimum Gasteiger partial charge on any atom is -0.477 e. The molecule has 1 aromatic heterocycles. The second kappa shape index (κ2) is 5.75. The van der Waals surface area contributed by atoms with Gasteiger partial charge in [0.15, 0.2) is 0 Å². The van der Waals surface area contributed by atoms with Crippen molar-refractivity contribution < 1.29 is 9.90 Å². The molecule has 2 rings (SSSR count). The molecular weight excluding hydrogens is 270 g/mol. The Labute approximate surface area is 123 Å². The van der Waals surface area contributed by atoms with Crippen molar-refractivity contribution in [1.29, 1.82) is 0 Å². The summed E-state index contributed by atoms with van der Waals surface area (Å²) in [7, 11) is 0. The highest BCUT2D eigenvalue weighted by molar-refractivity contribution is 7.17. The summed E-state index contributed by atoms with van der Waals surface area (Å²) in [6, 6.07) is 6.21. The summed E-state index contributed by atoms with van der Waals surface area (Å²) in [6.45, 7) is 8.22. The van der Waals surface area contributed by atoms with Gasteiger partial charge in [0.1, 0.15) is 9.88 Å². The van der Waals surface area contributed by atoms with Crippen LogP contribution >= 0.6 is 11.3 Å². The lowest BCUT2D eigenvalue weighted by molar-refractivity contribution is 0.0700. The quantitative estimate of drug-likeness (QED) is 0.911. The molecule has 0 unspecified atom stereocenters. The third kappa shape index (κ3) is 3.25. The predicted octanol–water partition coefficient (Wildman–Crippen LogP) is 4.32. The van der Waals surface area contributed by atoms with Gasteiger partial charge in [-0.25, -0.2) is 9.78 Å². The van der Waals surface area contributed by atoms with Crippen LogP contribution in [0.4, 0.5) is 0 Å². The van der Waals surface area contributed by atoms with Gasteiger partial charge in [0.25, 0.3) is 0 Å². The van der Waals surface area contributed by atoms with Gasteiger partial charge in [0, 0.05) is 5.56 Å². The van der Waals surface area contributed by atoms with Gasteiger partial charge >= 0.3 is 5.97 Å². The molecule has 1 N–H and O–H groups in total. The molecule has 3 nitrogen and oxygen atoms in total. The Morgan fingerprint density at radius 2 is 1.85 bits per heavy atom. The van der Waals surface area contributed by atoms with Crippen molar-refractivity contribution in [2.45, 2.75) is 34.1 Å². The van der Waals surface area contributed by atoms with Gasteiger partial charge in [-0.15, -0.1) is 11.3 Å². The molecule has 20 heavy (non-hydrogen) atoms. The van der Waals surface area contributed by atoms with Gasteiger partial charge in [-0.3, -0.25) is 0 Å². The summed E-state index contributed by atoms with van der Waals surface area (Å²) >= 11 is 1.27. The zero-order valence-corrected chi connectivity index (χ0v) is 13.0. The lowest BCUT2D eigenvalue weighted by Crippen LogP contribution is -2.02. The number of thiazole rings is 1. The van der Waals surface area contributed by atoms with E-state index in [1.165, 1.54) is 11.3 Å². The molecule has 106 valence electrons. The zero-order chi connectivity index (χ0) is 14.9. The number of aryl methyl sites for hydroxylation is 2. The van der Waals surface area contributed by atoms with E-state index in [-0.39, 0.29) is 0 Å². The van der Waals surface area contributed by atoms with E-state index in [9.17, 15) is 9.90 Å². The van der Waals surface area contributed by atoms with Gasteiger partial charge in [-0.2, -0.15) is 0 Å². The number of hydrogen-bond donors (Lipinski definition) is 1. The summed E-state index contributed by atoms with van der Waals surface area (Å²) in [6.07, 6.45) is 0.697. The Bertz CT molecular complexity index is 624. The van der Waals surface area contributed by atoms with Crippen molar-refractivity contribution in [2.24, 2.45) is 5.92 Å². The van der Waals surface area contributed by atoms with E-state index >= 15 is 0 Å². The highest BCUT2D eigenvalue weighted by Crippen LogP contribution is 2.30. The number of nitrogens with zero attached hydrogens (tertiary/aromatic N) is 1. The molecule has 1 heterocycles. The molecule has 4 heteroatoms. The van der Waals surface area contributed by atoms with Crippen LogP contribution in [-0.2, 0) is 6.42 Å². The predicted molar refractivity (Wildman–Crippen MR) is 82.5 cm³/mol. The number of aromatic nitrogens is 1. The highest BCUT2D eigenvalue weighted by atomic mass is 32.1. The maximum atomic E-state index is 11.4. The third-order valence-electron chi connectivity index (χ3n) is 2.96. The standard InChI is InChI=1S/C16H19NO2S/c1-9(2)5-13-14(16(18)19)20-15(17-13)12-7-10(3)6-11(4)8-12/h6-9H,5H2,1-4H3,(H,18,19). The van der Waals surface area contributed by atoms with Gasteiger partial charge < -0.3 is 5.11 Å². The van der Waals surface area contributed by atoms with Crippen LogP contribution in [0, 0.1) is 19.8 Å². The van der Waals surface area contributed by atoms with Gasteiger partial charge in [0.05, 0.1) is 5.69 Å². The maximum Gasteiger partial charge on any atom is 0.347 e. The summed E-state index contributed by atoms with van der Waals surface area (Å²) in [5.41, 5.74) is 4.03. The second-order valence-electron chi connectivity index (χ2n) is 5.57. The second-order valence-corrected chi connectivity index (χ2v) is 6.57. The molecule has 0 amide bonds. The molecular formula is C16H19NO2S. The van der Waals surface area contributed by atoms with Crippen LogP contribution in [0.2, 0.25) is 0 Å². The maximum absolute atomic E-state index is 11.4. The molecule has 0 radical (unpaired) electrons. The van der Waals surface area contributed by atoms with Crippen LogP contribution in [0.1, 0.15) is 40.3 Å². The van der Waals surface area contributed by atoms with Crippen LogP contribution < -0.4 is 0 Å². The van der Waals surface area contributed by atoms with Gasteiger partial charge in [-0.05, 0) is 38.3 Å². The van der Waals surface area contributed by atoms with Crippen LogP contribution in [0.25, 0.3) is 10.6 Å². The first-order valence-corrected chi connectivity index (χ1v) is 7.50. The van der Waals surface area contributed by atoms with Crippen LogP contribution in [-0.4, -0.2) is 16.1 Å². The Balaban J connectivity index is 2.49. The van der Waals surface area contributed by atoms with E-state index in [4.69, 9.17) is 0 Å². The number of hydrogen-bond acceptors (Lipinski definition) is 3. The van der Waals surface area contributed by atoms with Crippen molar-refractivity contribution >= 4 is 17.3 Å². The number of benzene rings is 1. The summed E-state index contributed by atoms with van der Waals surface area (Å²) < 4.78 is 0. The molecule has 0 atom stereocenters. The fraction of sp³-hybridized carbons (Fsp3) is 0.375. The van der Waals surface area contributed by atoms with E-state index in [2.05, 4.69) is 37.0 Å². The van der Waals surface area contributed by atoms with E-state index in [1.54, 1.807) is 0 Å². The zero-order valence-electron chi connectivity index (χ0n) is 12.2. The van der Waals surface area contributed by atoms with Crippen LogP contribution in [0.15, 0.2) is 18.2 Å².